The van der Waals surface area contributed by atoms with Crippen molar-refractivity contribution in [2.45, 2.75) is 13.8 Å². The summed E-state index contributed by atoms with van der Waals surface area (Å²) >= 11 is 0. The van der Waals surface area contributed by atoms with Gasteiger partial charge >= 0.3 is 0 Å². The van der Waals surface area contributed by atoms with E-state index in [9.17, 15) is 9.59 Å². The molecule has 0 saturated carbocycles. The van der Waals surface area contributed by atoms with Gasteiger partial charge in [-0.05, 0) is 25.2 Å². The van der Waals surface area contributed by atoms with Crippen molar-refractivity contribution in [2.75, 3.05) is 45.7 Å². The molecule has 2 rings (SSSR count). The number of nitrogens with zero attached hydrogens (tertiary/aromatic N) is 2. The van der Waals surface area contributed by atoms with E-state index in [-0.39, 0.29) is 17.7 Å². The van der Waals surface area contributed by atoms with E-state index >= 15 is 0 Å². The van der Waals surface area contributed by atoms with E-state index in [4.69, 9.17) is 4.74 Å². The molecule has 1 heterocycles. The molecule has 6 heteroatoms. The van der Waals surface area contributed by atoms with Gasteiger partial charge in [0.15, 0.2) is 0 Å². The Hall–Kier alpha value is -2.08. The number of nitrogens with one attached hydrogen (secondary N) is 1. The van der Waals surface area contributed by atoms with Gasteiger partial charge in [-0.2, -0.15) is 0 Å². The van der Waals surface area contributed by atoms with Crippen LogP contribution >= 0.6 is 0 Å². The standard InChI is InChI=1S/C17H25N3O3/c1-12(2)16(21)18-14-11-13(5-6-15(14)23-4)17(22)20-9-7-19(3)8-10-20/h5-6,11-12H,7-10H2,1-4H3,(H,18,21). The van der Waals surface area contributed by atoms with Crippen LogP contribution in [0.5, 0.6) is 5.75 Å². The van der Waals surface area contributed by atoms with Gasteiger partial charge in [-0.25, -0.2) is 0 Å². The monoisotopic (exact) mass is 319 g/mol. The predicted octanol–water partition coefficient (Wildman–Crippen LogP) is 1.68. The Labute approximate surface area is 137 Å². The summed E-state index contributed by atoms with van der Waals surface area (Å²) in [5.74, 6) is 0.291. The summed E-state index contributed by atoms with van der Waals surface area (Å²) in [6.07, 6.45) is 0. The van der Waals surface area contributed by atoms with Crippen LogP contribution in [-0.2, 0) is 4.79 Å². The first kappa shape index (κ1) is 17.3. The molecule has 0 atom stereocenters. The number of carbonyl (C=O) groups excluding carboxylic acids is 2. The summed E-state index contributed by atoms with van der Waals surface area (Å²) in [5.41, 5.74) is 1.10. The highest BCUT2D eigenvalue weighted by Gasteiger charge is 2.21. The highest BCUT2D eigenvalue weighted by atomic mass is 16.5. The van der Waals surface area contributed by atoms with Crippen molar-refractivity contribution < 1.29 is 14.3 Å². The third-order valence-electron chi connectivity index (χ3n) is 4.02. The maximum absolute atomic E-state index is 12.6. The molecule has 0 unspecified atom stereocenters. The lowest BCUT2D eigenvalue weighted by molar-refractivity contribution is -0.118. The quantitative estimate of drug-likeness (QED) is 0.917. The van der Waals surface area contributed by atoms with Gasteiger partial charge in [-0.3, -0.25) is 9.59 Å². The lowest BCUT2D eigenvalue weighted by Crippen LogP contribution is -2.47. The van der Waals surface area contributed by atoms with Gasteiger partial charge in [0.1, 0.15) is 5.75 Å². The number of likely N-dealkylation sites (N-methyl/N-ethyl adjacent to an activating group) is 1. The minimum Gasteiger partial charge on any atom is -0.495 e. The molecule has 1 aromatic carbocycles. The topological polar surface area (TPSA) is 61.9 Å². The van der Waals surface area contributed by atoms with Gasteiger partial charge in [0.2, 0.25) is 5.91 Å². The number of rotatable bonds is 4. The Morgan fingerprint density at radius 3 is 2.39 bits per heavy atom. The largest absolute Gasteiger partial charge is 0.495 e. The fourth-order valence-electron chi connectivity index (χ4n) is 2.41. The van der Waals surface area contributed by atoms with E-state index in [1.165, 1.54) is 0 Å². The average molecular weight is 319 g/mol. The zero-order chi connectivity index (χ0) is 17.0. The lowest BCUT2D eigenvalue weighted by Gasteiger charge is -2.32. The Morgan fingerprint density at radius 1 is 1.17 bits per heavy atom. The summed E-state index contributed by atoms with van der Waals surface area (Å²) in [5, 5.41) is 2.82. The number of methoxy groups -OCH3 is 1. The highest BCUT2D eigenvalue weighted by molar-refractivity contribution is 5.98. The normalized spacial score (nSPS) is 15.6. The van der Waals surface area contributed by atoms with Crippen LogP contribution in [0, 0.1) is 5.92 Å². The van der Waals surface area contributed by atoms with Crippen molar-refractivity contribution >= 4 is 17.5 Å². The number of hydrogen-bond acceptors (Lipinski definition) is 4. The van der Waals surface area contributed by atoms with Gasteiger partial charge in [-0.1, -0.05) is 13.8 Å². The van der Waals surface area contributed by atoms with Gasteiger partial charge in [-0.15, -0.1) is 0 Å². The molecule has 1 N–H and O–H groups in total. The molecule has 1 aliphatic rings. The number of carbonyl (C=O) groups is 2. The maximum atomic E-state index is 12.6. The molecule has 0 radical (unpaired) electrons. The van der Waals surface area contributed by atoms with E-state index in [1.807, 2.05) is 18.7 Å². The van der Waals surface area contributed by atoms with Crippen molar-refractivity contribution in [3.05, 3.63) is 23.8 Å². The zero-order valence-corrected chi connectivity index (χ0v) is 14.3. The van der Waals surface area contributed by atoms with Gasteiger partial charge < -0.3 is 19.9 Å². The fourth-order valence-corrected chi connectivity index (χ4v) is 2.41. The van der Waals surface area contributed by atoms with Gasteiger partial charge in [0, 0.05) is 37.7 Å². The number of anilines is 1. The van der Waals surface area contributed by atoms with E-state index in [0.717, 1.165) is 26.2 Å². The van der Waals surface area contributed by atoms with Crippen molar-refractivity contribution in [1.29, 1.82) is 0 Å². The highest BCUT2D eigenvalue weighted by Crippen LogP contribution is 2.26. The van der Waals surface area contributed by atoms with Crippen LogP contribution in [0.1, 0.15) is 24.2 Å². The van der Waals surface area contributed by atoms with E-state index < -0.39 is 0 Å². The molecular weight excluding hydrogens is 294 g/mol. The molecular formula is C17H25N3O3. The van der Waals surface area contributed by atoms with Crippen LogP contribution in [0.2, 0.25) is 0 Å². The third kappa shape index (κ3) is 4.22. The van der Waals surface area contributed by atoms with E-state index in [2.05, 4.69) is 17.3 Å². The van der Waals surface area contributed by atoms with Crippen molar-refractivity contribution in [3.63, 3.8) is 0 Å². The van der Waals surface area contributed by atoms with Gasteiger partial charge in [0.05, 0.1) is 12.8 Å². The van der Waals surface area contributed by atoms with Crippen LogP contribution < -0.4 is 10.1 Å². The Bertz CT molecular complexity index is 578. The van der Waals surface area contributed by atoms with Crippen molar-refractivity contribution in [1.82, 2.24) is 9.80 Å². The zero-order valence-electron chi connectivity index (χ0n) is 14.3. The molecule has 6 nitrogen and oxygen atoms in total. The van der Waals surface area contributed by atoms with Crippen LogP contribution in [0.25, 0.3) is 0 Å². The maximum Gasteiger partial charge on any atom is 0.254 e. The van der Waals surface area contributed by atoms with E-state index in [1.54, 1.807) is 25.3 Å². The molecule has 0 aromatic heterocycles. The molecule has 1 fully saturated rings. The first-order chi connectivity index (χ1) is 10.9. The Morgan fingerprint density at radius 2 is 1.83 bits per heavy atom. The number of hydrogen-bond donors (Lipinski definition) is 1. The third-order valence-corrected chi connectivity index (χ3v) is 4.02. The second kappa shape index (κ2) is 7.46. The van der Waals surface area contributed by atoms with Gasteiger partial charge in [0.25, 0.3) is 5.91 Å². The summed E-state index contributed by atoms with van der Waals surface area (Å²) in [6, 6.07) is 5.16. The van der Waals surface area contributed by atoms with Crippen LogP contribution in [-0.4, -0.2) is 62.0 Å². The summed E-state index contributed by atoms with van der Waals surface area (Å²) < 4.78 is 5.27. The summed E-state index contributed by atoms with van der Waals surface area (Å²) in [6.45, 7) is 6.82. The molecule has 0 spiro atoms. The molecule has 0 bridgehead atoms. The summed E-state index contributed by atoms with van der Waals surface area (Å²) in [4.78, 5) is 28.6. The second-order valence-electron chi connectivity index (χ2n) is 6.15. The van der Waals surface area contributed by atoms with Crippen LogP contribution in [0.4, 0.5) is 5.69 Å². The van der Waals surface area contributed by atoms with Crippen molar-refractivity contribution in [2.24, 2.45) is 5.92 Å². The molecule has 126 valence electrons. The molecule has 0 aliphatic carbocycles. The molecule has 1 saturated heterocycles. The second-order valence-corrected chi connectivity index (χ2v) is 6.15. The molecule has 1 aromatic rings. The number of ether oxygens (including phenoxy) is 1. The molecule has 23 heavy (non-hydrogen) atoms. The first-order valence-corrected chi connectivity index (χ1v) is 7.89. The first-order valence-electron chi connectivity index (χ1n) is 7.89. The van der Waals surface area contributed by atoms with E-state index in [0.29, 0.717) is 17.0 Å². The number of amides is 2. The fraction of sp³-hybridized carbons (Fsp3) is 0.529. The minimum atomic E-state index is -0.142. The van der Waals surface area contributed by atoms with Crippen LogP contribution in [0.15, 0.2) is 18.2 Å². The molecule has 1 aliphatic heterocycles. The average Bonchev–Trinajstić information content (AvgIpc) is 2.54. The Kier molecular flexibility index (Phi) is 5.60. The SMILES string of the molecule is COc1ccc(C(=O)N2CCN(C)CC2)cc1NC(=O)C(C)C. The lowest BCUT2D eigenvalue weighted by atomic mass is 10.1. The minimum absolute atomic E-state index is 0.0131. The predicted molar refractivity (Wildman–Crippen MR) is 89.9 cm³/mol. The molecule has 2 amide bonds. The number of benzene rings is 1. The van der Waals surface area contributed by atoms with Crippen LogP contribution in [0.3, 0.4) is 0 Å². The van der Waals surface area contributed by atoms with Crippen molar-refractivity contribution in [3.8, 4) is 5.75 Å². The summed E-state index contributed by atoms with van der Waals surface area (Å²) in [7, 11) is 3.59. The number of piperazine rings is 1. The smallest absolute Gasteiger partial charge is 0.254 e. The Balaban J connectivity index is 2.19.